The van der Waals surface area contributed by atoms with Crippen LogP contribution in [0.2, 0.25) is 0 Å². The molecule has 0 aromatic carbocycles. The SMILES string of the molecule is CCCCCCCCCCCCCCCCCCCCC(C(=O)OCC)C(=O)OCC. The zero-order valence-electron chi connectivity index (χ0n) is 21.1. The molecule has 0 aliphatic carbocycles. The molecule has 4 nitrogen and oxygen atoms in total. The quantitative estimate of drug-likeness (QED) is 0.0913. The molecule has 0 bridgehead atoms. The minimum atomic E-state index is -0.749. The Balaban J connectivity index is 3.46. The van der Waals surface area contributed by atoms with Crippen LogP contribution < -0.4 is 0 Å². The van der Waals surface area contributed by atoms with Gasteiger partial charge in [0.05, 0.1) is 13.2 Å². The van der Waals surface area contributed by atoms with Gasteiger partial charge in [0.15, 0.2) is 5.92 Å². The molecule has 0 saturated carbocycles. The second kappa shape index (κ2) is 23.6. The summed E-state index contributed by atoms with van der Waals surface area (Å²) in [5, 5.41) is 0. The van der Waals surface area contributed by atoms with E-state index in [2.05, 4.69) is 6.92 Å². The summed E-state index contributed by atoms with van der Waals surface area (Å²) in [6, 6.07) is 0. The van der Waals surface area contributed by atoms with Crippen molar-refractivity contribution in [2.24, 2.45) is 5.92 Å². The van der Waals surface area contributed by atoms with Gasteiger partial charge in [-0.2, -0.15) is 0 Å². The molecule has 0 atom stereocenters. The number of carbonyl (C=O) groups is 2. The molecule has 0 aromatic heterocycles. The van der Waals surface area contributed by atoms with Crippen molar-refractivity contribution in [2.75, 3.05) is 13.2 Å². The molecule has 0 fully saturated rings. The van der Waals surface area contributed by atoms with E-state index in [1.165, 1.54) is 103 Å². The molecule has 4 heteroatoms. The van der Waals surface area contributed by atoms with E-state index >= 15 is 0 Å². The third-order valence-corrected chi connectivity index (χ3v) is 5.99. The summed E-state index contributed by atoms with van der Waals surface area (Å²) in [6.07, 6.45) is 24.5. The van der Waals surface area contributed by atoms with E-state index in [4.69, 9.17) is 9.47 Å². The van der Waals surface area contributed by atoms with E-state index < -0.39 is 17.9 Å². The van der Waals surface area contributed by atoms with Crippen molar-refractivity contribution in [3.63, 3.8) is 0 Å². The van der Waals surface area contributed by atoms with Crippen LogP contribution in [0.3, 0.4) is 0 Å². The fourth-order valence-electron chi connectivity index (χ4n) is 4.07. The van der Waals surface area contributed by atoms with E-state index in [-0.39, 0.29) is 0 Å². The standard InChI is InChI=1S/C27H52O4/c1-4-7-8-9-10-11-12-13-14-15-16-17-18-19-20-21-22-23-24-25(26(28)30-5-2)27(29)31-6-3/h25H,4-24H2,1-3H3. The molecular weight excluding hydrogens is 388 g/mol. The first kappa shape index (κ1) is 29.9. The van der Waals surface area contributed by atoms with E-state index in [9.17, 15) is 9.59 Å². The van der Waals surface area contributed by atoms with E-state index in [1.54, 1.807) is 13.8 Å². The van der Waals surface area contributed by atoms with Crippen LogP contribution in [-0.4, -0.2) is 25.2 Å². The van der Waals surface area contributed by atoms with Crippen molar-refractivity contribution in [3.8, 4) is 0 Å². The number of hydrogen-bond donors (Lipinski definition) is 0. The lowest BCUT2D eigenvalue weighted by molar-refractivity contribution is -0.161. The molecule has 31 heavy (non-hydrogen) atoms. The van der Waals surface area contributed by atoms with Crippen LogP contribution in [0.4, 0.5) is 0 Å². The summed E-state index contributed by atoms with van der Waals surface area (Å²) in [6.45, 7) is 6.40. The number of carbonyl (C=O) groups excluding carboxylic acids is 2. The van der Waals surface area contributed by atoms with Crippen molar-refractivity contribution in [2.45, 2.75) is 143 Å². The lowest BCUT2D eigenvalue weighted by Crippen LogP contribution is -2.28. The largest absolute Gasteiger partial charge is 0.465 e. The lowest BCUT2D eigenvalue weighted by atomic mass is 9.99. The maximum atomic E-state index is 11.9. The predicted molar refractivity (Wildman–Crippen MR) is 130 cm³/mol. The highest BCUT2D eigenvalue weighted by Gasteiger charge is 2.28. The van der Waals surface area contributed by atoms with Crippen LogP contribution >= 0.6 is 0 Å². The van der Waals surface area contributed by atoms with Gasteiger partial charge in [0.25, 0.3) is 0 Å². The number of esters is 2. The maximum Gasteiger partial charge on any atom is 0.320 e. The smallest absolute Gasteiger partial charge is 0.320 e. The second-order valence-corrected chi connectivity index (χ2v) is 8.86. The van der Waals surface area contributed by atoms with Crippen molar-refractivity contribution in [1.29, 1.82) is 0 Å². The first-order valence-corrected chi connectivity index (χ1v) is 13.5. The van der Waals surface area contributed by atoms with Crippen LogP contribution in [0.1, 0.15) is 143 Å². The fraction of sp³-hybridized carbons (Fsp3) is 0.926. The van der Waals surface area contributed by atoms with E-state index in [0.29, 0.717) is 19.6 Å². The monoisotopic (exact) mass is 440 g/mol. The Bertz CT molecular complexity index is 390. The Labute approximate surface area is 193 Å². The average Bonchev–Trinajstić information content (AvgIpc) is 2.75. The molecule has 0 rings (SSSR count). The molecule has 0 heterocycles. The minimum absolute atomic E-state index is 0.299. The van der Waals surface area contributed by atoms with Crippen LogP contribution in [0.25, 0.3) is 0 Å². The Morgan fingerprint density at radius 1 is 0.484 bits per heavy atom. The summed E-state index contributed by atoms with van der Waals surface area (Å²) in [4.78, 5) is 23.9. The van der Waals surface area contributed by atoms with Gasteiger partial charge in [-0.1, -0.05) is 122 Å². The van der Waals surface area contributed by atoms with E-state index in [1.807, 2.05) is 0 Å². The molecule has 0 saturated heterocycles. The number of hydrogen-bond acceptors (Lipinski definition) is 4. The number of ether oxygens (including phenoxy) is 2. The Kier molecular flexibility index (Phi) is 22.8. The van der Waals surface area contributed by atoms with Crippen LogP contribution in [-0.2, 0) is 19.1 Å². The third kappa shape index (κ3) is 19.4. The van der Waals surface area contributed by atoms with Gasteiger partial charge in [0.2, 0.25) is 0 Å². The molecule has 0 radical (unpaired) electrons. The van der Waals surface area contributed by atoms with Gasteiger partial charge in [-0.15, -0.1) is 0 Å². The van der Waals surface area contributed by atoms with Crippen molar-refractivity contribution in [1.82, 2.24) is 0 Å². The van der Waals surface area contributed by atoms with Gasteiger partial charge in [-0.05, 0) is 20.3 Å². The van der Waals surface area contributed by atoms with Crippen LogP contribution in [0.15, 0.2) is 0 Å². The van der Waals surface area contributed by atoms with E-state index in [0.717, 1.165) is 12.8 Å². The fourth-order valence-corrected chi connectivity index (χ4v) is 4.07. The normalized spacial score (nSPS) is 11.1. The highest BCUT2D eigenvalue weighted by molar-refractivity contribution is 5.94. The zero-order valence-corrected chi connectivity index (χ0v) is 21.1. The first-order chi connectivity index (χ1) is 15.2. The molecule has 0 spiro atoms. The molecule has 0 aliphatic heterocycles. The molecule has 0 N–H and O–H groups in total. The Hall–Kier alpha value is -1.06. The van der Waals surface area contributed by atoms with Crippen LogP contribution in [0.5, 0.6) is 0 Å². The molecule has 184 valence electrons. The Morgan fingerprint density at radius 2 is 0.774 bits per heavy atom. The van der Waals surface area contributed by atoms with Gasteiger partial charge in [-0.3, -0.25) is 9.59 Å². The topological polar surface area (TPSA) is 52.6 Å². The molecule has 0 unspecified atom stereocenters. The summed E-state index contributed by atoms with van der Waals surface area (Å²) in [5.41, 5.74) is 0. The number of unbranched alkanes of at least 4 members (excludes halogenated alkanes) is 17. The Morgan fingerprint density at radius 3 is 1.06 bits per heavy atom. The zero-order chi connectivity index (χ0) is 23.0. The molecule has 0 aromatic rings. The molecular formula is C27H52O4. The van der Waals surface area contributed by atoms with Crippen molar-refractivity contribution in [3.05, 3.63) is 0 Å². The minimum Gasteiger partial charge on any atom is -0.465 e. The summed E-state index contributed by atoms with van der Waals surface area (Å²) < 4.78 is 10.0. The van der Waals surface area contributed by atoms with Gasteiger partial charge in [0, 0.05) is 0 Å². The van der Waals surface area contributed by atoms with Gasteiger partial charge in [-0.25, -0.2) is 0 Å². The first-order valence-electron chi connectivity index (χ1n) is 13.5. The van der Waals surface area contributed by atoms with Gasteiger partial charge in [0.1, 0.15) is 0 Å². The average molecular weight is 441 g/mol. The summed E-state index contributed by atoms with van der Waals surface area (Å²) in [7, 11) is 0. The van der Waals surface area contributed by atoms with Gasteiger partial charge >= 0.3 is 11.9 Å². The summed E-state index contributed by atoms with van der Waals surface area (Å²) in [5.74, 6) is -1.62. The van der Waals surface area contributed by atoms with Gasteiger partial charge < -0.3 is 9.47 Å². The predicted octanol–water partition coefficient (Wildman–Crippen LogP) is 8.16. The highest BCUT2D eigenvalue weighted by Crippen LogP contribution is 2.17. The maximum absolute atomic E-state index is 11.9. The van der Waals surface area contributed by atoms with Crippen LogP contribution in [0, 0.1) is 5.92 Å². The lowest BCUT2D eigenvalue weighted by Gasteiger charge is -2.14. The summed E-state index contributed by atoms with van der Waals surface area (Å²) >= 11 is 0. The van der Waals surface area contributed by atoms with Crippen molar-refractivity contribution < 1.29 is 19.1 Å². The number of rotatable bonds is 23. The highest BCUT2D eigenvalue weighted by atomic mass is 16.6. The molecule has 0 aliphatic rings. The van der Waals surface area contributed by atoms with Crippen molar-refractivity contribution >= 4 is 11.9 Å². The second-order valence-electron chi connectivity index (χ2n) is 8.86. The molecule has 0 amide bonds. The third-order valence-electron chi connectivity index (χ3n) is 5.99.